The molecule has 2 heterocycles. The van der Waals surface area contributed by atoms with Crippen LogP contribution in [-0.2, 0) is 14.3 Å². The summed E-state index contributed by atoms with van der Waals surface area (Å²) in [6.45, 7) is 4.13. The first kappa shape index (κ1) is 23.8. The van der Waals surface area contributed by atoms with Crippen molar-refractivity contribution in [1.29, 1.82) is 0 Å². The fraction of sp³-hybridized carbons (Fsp3) is 0.423. The Morgan fingerprint density at radius 2 is 1.65 bits per heavy atom. The molecule has 1 amide bonds. The third-order valence-corrected chi connectivity index (χ3v) is 6.55. The SMILES string of the molecule is COC(=O)CC(=O)N1N=C(c2ccc(N3CCN(C)CC3)cc2)CC1c1ccc(N(C)C)cc1. The maximum Gasteiger partial charge on any atom is 0.315 e. The first-order valence-electron chi connectivity index (χ1n) is 11.6. The van der Waals surface area contributed by atoms with Crippen molar-refractivity contribution in [1.82, 2.24) is 9.91 Å². The summed E-state index contributed by atoms with van der Waals surface area (Å²) >= 11 is 0. The van der Waals surface area contributed by atoms with E-state index in [1.165, 1.54) is 17.8 Å². The highest BCUT2D eigenvalue weighted by molar-refractivity contribution is 6.04. The summed E-state index contributed by atoms with van der Waals surface area (Å²) in [5.74, 6) is -0.926. The Morgan fingerprint density at radius 1 is 1.00 bits per heavy atom. The highest BCUT2D eigenvalue weighted by atomic mass is 16.5. The number of anilines is 2. The van der Waals surface area contributed by atoms with Crippen molar-refractivity contribution < 1.29 is 14.3 Å². The third-order valence-electron chi connectivity index (χ3n) is 6.55. The standard InChI is InChI=1S/C26H33N5O3/c1-28(2)21-9-7-20(8-10-21)24-17-23(27-31(24)25(32)18-26(33)34-4)19-5-11-22(12-6-19)30-15-13-29(3)14-16-30/h5-12,24H,13-18H2,1-4H3. The molecule has 1 fully saturated rings. The van der Waals surface area contributed by atoms with Gasteiger partial charge in [-0.2, -0.15) is 5.10 Å². The Balaban J connectivity index is 1.56. The monoisotopic (exact) mass is 463 g/mol. The fourth-order valence-corrected chi connectivity index (χ4v) is 4.37. The van der Waals surface area contributed by atoms with Crippen molar-refractivity contribution in [2.24, 2.45) is 5.10 Å². The van der Waals surface area contributed by atoms with Gasteiger partial charge in [-0.05, 0) is 42.4 Å². The second-order valence-corrected chi connectivity index (χ2v) is 9.08. The first-order chi connectivity index (χ1) is 16.4. The van der Waals surface area contributed by atoms with Gasteiger partial charge in [0.2, 0.25) is 0 Å². The quantitative estimate of drug-likeness (QED) is 0.485. The van der Waals surface area contributed by atoms with Crippen LogP contribution in [0.15, 0.2) is 53.6 Å². The van der Waals surface area contributed by atoms with Crippen LogP contribution in [0.1, 0.15) is 30.0 Å². The maximum absolute atomic E-state index is 12.9. The summed E-state index contributed by atoms with van der Waals surface area (Å²) in [4.78, 5) is 31.5. The summed E-state index contributed by atoms with van der Waals surface area (Å²) < 4.78 is 4.70. The van der Waals surface area contributed by atoms with E-state index in [1.54, 1.807) is 0 Å². The second-order valence-electron chi connectivity index (χ2n) is 9.08. The van der Waals surface area contributed by atoms with Crippen LogP contribution >= 0.6 is 0 Å². The van der Waals surface area contributed by atoms with Crippen molar-refractivity contribution in [2.45, 2.75) is 18.9 Å². The van der Waals surface area contributed by atoms with Gasteiger partial charge >= 0.3 is 5.97 Å². The van der Waals surface area contributed by atoms with Crippen LogP contribution in [0.3, 0.4) is 0 Å². The summed E-state index contributed by atoms with van der Waals surface area (Å²) in [7, 11) is 7.41. The van der Waals surface area contributed by atoms with Crippen molar-refractivity contribution in [2.75, 3.05) is 64.2 Å². The van der Waals surface area contributed by atoms with Gasteiger partial charge < -0.3 is 19.4 Å². The van der Waals surface area contributed by atoms with Gasteiger partial charge in [0.25, 0.3) is 5.91 Å². The molecule has 180 valence electrons. The van der Waals surface area contributed by atoms with Crippen molar-refractivity contribution in [3.05, 3.63) is 59.7 Å². The van der Waals surface area contributed by atoms with Gasteiger partial charge in [0.15, 0.2) is 0 Å². The molecule has 0 saturated carbocycles. The Morgan fingerprint density at radius 3 is 2.24 bits per heavy atom. The van der Waals surface area contributed by atoms with Crippen LogP contribution < -0.4 is 9.80 Å². The second kappa shape index (κ2) is 10.3. The van der Waals surface area contributed by atoms with Crippen molar-refractivity contribution in [3.8, 4) is 0 Å². The number of ether oxygens (including phenoxy) is 1. The molecule has 8 nitrogen and oxygen atoms in total. The fourth-order valence-electron chi connectivity index (χ4n) is 4.37. The van der Waals surface area contributed by atoms with Gasteiger partial charge in [0, 0.05) is 58.1 Å². The summed E-state index contributed by atoms with van der Waals surface area (Å²) in [6.07, 6.45) is 0.254. The molecule has 0 radical (unpaired) electrons. The number of hydrogen-bond acceptors (Lipinski definition) is 7. The molecule has 1 atom stereocenters. The number of esters is 1. The van der Waals surface area contributed by atoms with Crippen LogP contribution in [0.5, 0.6) is 0 Å². The van der Waals surface area contributed by atoms with Gasteiger partial charge in [-0.15, -0.1) is 0 Å². The molecule has 4 rings (SSSR count). The molecule has 0 bridgehead atoms. The zero-order chi connectivity index (χ0) is 24.2. The minimum absolute atomic E-state index is 0.263. The van der Waals surface area contributed by atoms with E-state index in [0.717, 1.165) is 48.7 Å². The summed E-state index contributed by atoms with van der Waals surface area (Å²) in [5.41, 5.74) is 5.09. The minimum Gasteiger partial charge on any atom is -0.469 e. The number of rotatable bonds is 6. The lowest BCUT2D eigenvalue weighted by molar-refractivity contribution is -0.147. The third kappa shape index (κ3) is 5.22. The highest BCUT2D eigenvalue weighted by Crippen LogP contribution is 2.34. The zero-order valence-electron chi connectivity index (χ0n) is 20.4. The van der Waals surface area contributed by atoms with Crippen LogP contribution in [0.4, 0.5) is 11.4 Å². The van der Waals surface area contributed by atoms with E-state index in [4.69, 9.17) is 4.74 Å². The molecule has 0 aromatic heterocycles. The molecular formula is C26H33N5O3. The molecule has 1 unspecified atom stereocenters. The van der Waals surface area contributed by atoms with E-state index < -0.39 is 5.97 Å². The van der Waals surface area contributed by atoms with Gasteiger partial charge in [-0.25, -0.2) is 5.01 Å². The predicted molar refractivity (Wildman–Crippen MR) is 134 cm³/mol. The lowest BCUT2D eigenvalue weighted by Gasteiger charge is -2.34. The number of methoxy groups -OCH3 is 1. The van der Waals surface area contributed by atoms with Crippen LogP contribution in [0, 0.1) is 0 Å². The number of carbonyl (C=O) groups excluding carboxylic acids is 2. The molecule has 1 saturated heterocycles. The van der Waals surface area contributed by atoms with Gasteiger partial charge in [-0.3, -0.25) is 9.59 Å². The average Bonchev–Trinajstić information content (AvgIpc) is 3.30. The van der Waals surface area contributed by atoms with Crippen LogP contribution in [-0.4, -0.2) is 81.9 Å². The lowest BCUT2D eigenvalue weighted by Crippen LogP contribution is -2.44. The first-order valence-corrected chi connectivity index (χ1v) is 11.6. The van der Waals surface area contributed by atoms with E-state index in [0.29, 0.717) is 6.42 Å². The van der Waals surface area contributed by atoms with E-state index in [9.17, 15) is 9.59 Å². The molecule has 0 N–H and O–H groups in total. The molecule has 2 aromatic rings. The van der Waals surface area contributed by atoms with E-state index in [1.807, 2.05) is 43.3 Å². The maximum atomic E-state index is 12.9. The molecule has 34 heavy (non-hydrogen) atoms. The molecular weight excluding hydrogens is 430 g/mol. The van der Waals surface area contributed by atoms with Crippen LogP contribution in [0.25, 0.3) is 0 Å². The Kier molecular flexibility index (Phi) is 7.17. The van der Waals surface area contributed by atoms with Crippen molar-refractivity contribution in [3.63, 3.8) is 0 Å². The molecule has 0 spiro atoms. The summed E-state index contributed by atoms with van der Waals surface area (Å²) in [6, 6.07) is 16.2. The normalized spacial score (nSPS) is 18.6. The van der Waals surface area contributed by atoms with E-state index >= 15 is 0 Å². The number of amides is 1. The number of likely N-dealkylation sites (N-methyl/N-ethyl adjacent to an activating group) is 1. The highest BCUT2D eigenvalue weighted by Gasteiger charge is 2.34. The molecule has 8 heteroatoms. The van der Waals surface area contributed by atoms with Gasteiger partial charge in [-0.1, -0.05) is 24.3 Å². The number of carbonyl (C=O) groups is 2. The molecule has 0 aliphatic carbocycles. The number of nitrogens with zero attached hydrogens (tertiary/aromatic N) is 5. The Bertz CT molecular complexity index is 1040. The average molecular weight is 464 g/mol. The number of hydrazone groups is 1. The van der Waals surface area contributed by atoms with Crippen molar-refractivity contribution >= 4 is 29.0 Å². The Labute approximate surface area is 201 Å². The number of benzene rings is 2. The van der Waals surface area contributed by atoms with Crippen LogP contribution in [0.2, 0.25) is 0 Å². The molecule has 2 aliphatic rings. The zero-order valence-corrected chi connectivity index (χ0v) is 20.4. The molecule has 2 aromatic carbocycles. The van der Waals surface area contributed by atoms with E-state index in [2.05, 4.69) is 46.2 Å². The Hall–Kier alpha value is -3.39. The topological polar surface area (TPSA) is 68.7 Å². The van der Waals surface area contributed by atoms with Gasteiger partial charge in [0.1, 0.15) is 6.42 Å². The smallest absolute Gasteiger partial charge is 0.315 e. The lowest BCUT2D eigenvalue weighted by atomic mass is 9.97. The molecule has 2 aliphatic heterocycles. The minimum atomic E-state index is -0.563. The largest absolute Gasteiger partial charge is 0.469 e. The number of hydrogen-bond donors (Lipinski definition) is 0. The predicted octanol–water partition coefficient (Wildman–Crippen LogP) is 2.75. The number of piperazine rings is 1. The van der Waals surface area contributed by atoms with E-state index in [-0.39, 0.29) is 18.4 Å². The summed E-state index contributed by atoms with van der Waals surface area (Å²) in [5, 5.41) is 6.12. The van der Waals surface area contributed by atoms with Gasteiger partial charge in [0.05, 0.1) is 18.9 Å².